The predicted octanol–water partition coefficient (Wildman–Crippen LogP) is 3.01. The van der Waals surface area contributed by atoms with E-state index >= 15 is 0 Å². The van der Waals surface area contributed by atoms with Crippen molar-refractivity contribution in [3.8, 4) is 0 Å². The minimum Gasteiger partial charge on any atom is -0.294 e. The zero-order valence-corrected chi connectivity index (χ0v) is 13.3. The zero-order valence-electron chi connectivity index (χ0n) is 11.8. The van der Waals surface area contributed by atoms with Crippen LogP contribution >= 0.6 is 11.6 Å². The zero-order chi connectivity index (χ0) is 15.7. The highest BCUT2D eigenvalue weighted by Crippen LogP contribution is 2.29. The topological polar surface area (TPSA) is 63.2 Å². The van der Waals surface area contributed by atoms with Gasteiger partial charge in [0.15, 0.2) is 5.78 Å². The quantitative estimate of drug-likeness (QED) is 0.867. The summed E-state index contributed by atoms with van der Waals surface area (Å²) in [5.74, 6) is -1.34. The lowest BCUT2D eigenvalue weighted by Crippen LogP contribution is -2.26. The molecule has 0 bridgehead atoms. The molecular formula is C13H17ClFNO3S. The predicted molar refractivity (Wildman–Crippen MR) is 76.1 cm³/mol. The van der Waals surface area contributed by atoms with Crippen LogP contribution in [-0.2, 0) is 10.0 Å². The van der Waals surface area contributed by atoms with E-state index in [0.29, 0.717) is 0 Å². The number of nitrogens with one attached hydrogen (secondary N) is 1. The van der Waals surface area contributed by atoms with Crippen LogP contribution < -0.4 is 4.72 Å². The second-order valence-corrected chi connectivity index (χ2v) is 7.49. The van der Waals surface area contributed by atoms with Gasteiger partial charge in [-0.25, -0.2) is 17.5 Å². The van der Waals surface area contributed by atoms with Crippen molar-refractivity contribution in [3.63, 3.8) is 0 Å². The maximum atomic E-state index is 13.8. The van der Waals surface area contributed by atoms with Gasteiger partial charge in [-0.3, -0.25) is 4.79 Å². The lowest BCUT2D eigenvalue weighted by Gasteiger charge is -2.18. The summed E-state index contributed by atoms with van der Waals surface area (Å²) in [6.07, 6.45) is 0. The SMILES string of the molecule is CCNS(=O)(=O)c1cc(C(=O)C(C)(C)C)c(Cl)cc1F. The van der Waals surface area contributed by atoms with Gasteiger partial charge in [-0.15, -0.1) is 0 Å². The molecule has 112 valence electrons. The molecule has 0 saturated heterocycles. The van der Waals surface area contributed by atoms with E-state index in [1.807, 2.05) is 0 Å². The van der Waals surface area contributed by atoms with Crippen LogP contribution in [-0.4, -0.2) is 20.7 Å². The number of ketones is 1. The number of benzene rings is 1. The average Bonchev–Trinajstić information content (AvgIpc) is 2.26. The van der Waals surface area contributed by atoms with E-state index in [9.17, 15) is 17.6 Å². The Morgan fingerprint density at radius 3 is 2.35 bits per heavy atom. The minimum absolute atomic E-state index is 0.00274. The number of halogens is 2. The first-order valence-corrected chi connectivity index (χ1v) is 7.90. The fourth-order valence-electron chi connectivity index (χ4n) is 1.58. The lowest BCUT2D eigenvalue weighted by molar-refractivity contribution is 0.0858. The number of rotatable bonds is 4. The molecule has 0 aliphatic rings. The van der Waals surface area contributed by atoms with Gasteiger partial charge in [-0.05, 0) is 12.1 Å². The number of carbonyl (C=O) groups excluding carboxylic acids is 1. The second-order valence-electron chi connectivity index (χ2n) is 5.34. The highest BCUT2D eigenvalue weighted by Gasteiger charge is 2.28. The summed E-state index contributed by atoms with van der Waals surface area (Å²) in [6.45, 7) is 6.72. The van der Waals surface area contributed by atoms with Gasteiger partial charge >= 0.3 is 0 Å². The summed E-state index contributed by atoms with van der Waals surface area (Å²) in [5.41, 5.74) is -0.752. The molecule has 0 aliphatic carbocycles. The monoisotopic (exact) mass is 321 g/mol. The number of sulfonamides is 1. The molecule has 0 saturated carbocycles. The minimum atomic E-state index is -4.00. The third-order valence-electron chi connectivity index (χ3n) is 2.57. The van der Waals surface area contributed by atoms with Crippen LogP contribution in [0, 0.1) is 11.2 Å². The van der Waals surface area contributed by atoms with E-state index in [2.05, 4.69) is 4.72 Å². The van der Waals surface area contributed by atoms with Crippen molar-refractivity contribution in [1.82, 2.24) is 4.72 Å². The summed E-state index contributed by atoms with van der Waals surface area (Å²) in [6, 6.07) is 1.84. The molecule has 1 rings (SSSR count). The molecule has 20 heavy (non-hydrogen) atoms. The third kappa shape index (κ3) is 3.56. The molecule has 0 fully saturated rings. The molecule has 0 heterocycles. The summed E-state index contributed by atoms with van der Waals surface area (Å²) in [5, 5.41) is -0.0992. The second kappa shape index (κ2) is 5.79. The van der Waals surface area contributed by atoms with Crippen LogP contribution in [0.2, 0.25) is 5.02 Å². The standard InChI is InChI=1S/C13H17ClFNO3S/c1-5-16-20(18,19)11-6-8(9(14)7-10(11)15)12(17)13(2,3)4/h6-7,16H,5H2,1-4H3. The molecule has 0 radical (unpaired) electrons. The number of hydrogen-bond acceptors (Lipinski definition) is 3. The van der Waals surface area contributed by atoms with E-state index in [4.69, 9.17) is 11.6 Å². The summed E-state index contributed by atoms with van der Waals surface area (Å²) >= 11 is 5.85. The normalized spacial score (nSPS) is 12.5. The van der Waals surface area contributed by atoms with Crippen LogP contribution in [0.1, 0.15) is 38.1 Å². The van der Waals surface area contributed by atoms with E-state index in [0.717, 1.165) is 12.1 Å². The van der Waals surface area contributed by atoms with Crippen molar-refractivity contribution < 1.29 is 17.6 Å². The van der Waals surface area contributed by atoms with Crippen molar-refractivity contribution in [3.05, 3.63) is 28.5 Å². The molecule has 1 aromatic carbocycles. The molecule has 0 atom stereocenters. The van der Waals surface area contributed by atoms with Gasteiger partial charge in [-0.1, -0.05) is 39.3 Å². The summed E-state index contributed by atoms with van der Waals surface area (Å²) in [7, 11) is -4.00. The fraction of sp³-hybridized carbons (Fsp3) is 0.462. The van der Waals surface area contributed by atoms with E-state index in [1.54, 1.807) is 27.7 Å². The van der Waals surface area contributed by atoms with Gasteiger partial charge in [0.1, 0.15) is 10.7 Å². The maximum absolute atomic E-state index is 13.8. The Labute approximate surface area is 123 Å². The number of Topliss-reactive ketones (excluding diaryl/α,β-unsaturated/α-hetero) is 1. The number of carbonyl (C=O) groups is 1. The molecule has 0 spiro atoms. The molecular weight excluding hydrogens is 305 g/mol. The molecule has 1 aromatic rings. The Kier molecular flexibility index (Phi) is 4.94. The van der Waals surface area contributed by atoms with Gasteiger partial charge in [0.25, 0.3) is 0 Å². The van der Waals surface area contributed by atoms with E-state index in [1.165, 1.54) is 0 Å². The summed E-state index contributed by atoms with van der Waals surface area (Å²) < 4.78 is 39.7. The Balaban J connectivity index is 3.49. The Morgan fingerprint density at radius 2 is 1.90 bits per heavy atom. The maximum Gasteiger partial charge on any atom is 0.243 e. The average molecular weight is 322 g/mol. The molecule has 1 N–H and O–H groups in total. The highest BCUT2D eigenvalue weighted by molar-refractivity contribution is 7.89. The van der Waals surface area contributed by atoms with Crippen molar-refractivity contribution >= 4 is 27.4 Å². The van der Waals surface area contributed by atoms with Crippen LogP contribution in [0.5, 0.6) is 0 Å². The molecule has 0 unspecified atom stereocenters. The van der Waals surface area contributed by atoms with Crippen LogP contribution in [0.15, 0.2) is 17.0 Å². The molecule has 0 amide bonds. The van der Waals surface area contributed by atoms with Crippen LogP contribution in [0.3, 0.4) is 0 Å². The van der Waals surface area contributed by atoms with Crippen LogP contribution in [0.4, 0.5) is 4.39 Å². The number of hydrogen-bond donors (Lipinski definition) is 1. The van der Waals surface area contributed by atoms with Crippen molar-refractivity contribution in [2.75, 3.05) is 6.54 Å². The Morgan fingerprint density at radius 1 is 1.35 bits per heavy atom. The largest absolute Gasteiger partial charge is 0.294 e. The van der Waals surface area contributed by atoms with Crippen molar-refractivity contribution in [1.29, 1.82) is 0 Å². The van der Waals surface area contributed by atoms with Gasteiger partial charge < -0.3 is 0 Å². The van der Waals surface area contributed by atoms with Gasteiger partial charge in [0, 0.05) is 17.5 Å². The van der Waals surface area contributed by atoms with Gasteiger partial charge in [0.2, 0.25) is 10.0 Å². The van der Waals surface area contributed by atoms with E-state index < -0.39 is 26.2 Å². The van der Waals surface area contributed by atoms with E-state index in [-0.39, 0.29) is 22.9 Å². The summed E-state index contributed by atoms with van der Waals surface area (Å²) in [4.78, 5) is 11.6. The van der Waals surface area contributed by atoms with Crippen molar-refractivity contribution in [2.45, 2.75) is 32.6 Å². The smallest absolute Gasteiger partial charge is 0.243 e. The third-order valence-corrected chi connectivity index (χ3v) is 4.44. The van der Waals surface area contributed by atoms with Crippen molar-refractivity contribution in [2.24, 2.45) is 5.41 Å². The molecule has 0 aliphatic heterocycles. The van der Waals surface area contributed by atoms with Crippen LogP contribution in [0.25, 0.3) is 0 Å². The Hall–Kier alpha value is -0.980. The van der Waals surface area contributed by atoms with Gasteiger partial charge in [-0.2, -0.15) is 0 Å². The fourth-order valence-corrected chi connectivity index (χ4v) is 2.94. The first-order chi connectivity index (χ1) is 9.00. The lowest BCUT2D eigenvalue weighted by atomic mass is 9.86. The first kappa shape index (κ1) is 17.1. The molecule has 7 heteroatoms. The Bertz CT molecular complexity index is 636. The molecule has 4 nitrogen and oxygen atoms in total. The van der Waals surface area contributed by atoms with Gasteiger partial charge in [0.05, 0.1) is 5.02 Å². The molecule has 0 aromatic heterocycles. The first-order valence-electron chi connectivity index (χ1n) is 6.04. The highest BCUT2D eigenvalue weighted by atomic mass is 35.5.